The van der Waals surface area contributed by atoms with Crippen LogP contribution in [0.15, 0.2) is 42.9 Å². The number of nitrogens with one attached hydrogen (secondary N) is 1. The number of amides is 1. The molecule has 5 heteroatoms. The molecule has 1 unspecified atom stereocenters. The molecule has 1 fully saturated rings. The Labute approximate surface area is 118 Å². The van der Waals surface area contributed by atoms with Crippen LogP contribution in [0.3, 0.4) is 0 Å². The summed E-state index contributed by atoms with van der Waals surface area (Å²) < 4.78 is 1.87. The molecule has 2 aromatic rings. The Morgan fingerprint density at radius 2 is 2.30 bits per heavy atom. The number of hydrogen-bond donors (Lipinski definition) is 1. The highest BCUT2D eigenvalue weighted by atomic mass is 16.2. The average Bonchev–Trinajstić information content (AvgIpc) is 2.93. The third-order valence-electron chi connectivity index (χ3n) is 3.74. The highest BCUT2D eigenvalue weighted by Crippen LogP contribution is 2.23. The van der Waals surface area contributed by atoms with Gasteiger partial charge in [0.15, 0.2) is 0 Å². The Morgan fingerprint density at radius 1 is 1.40 bits per heavy atom. The first-order valence-corrected chi connectivity index (χ1v) is 6.80. The van der Waals surface area contributed by atoms with Crippen molar-refractivity contribution < 1.29 is 4.79 Å². The second-order valence-corrected chi connectivity index (χ2v) is 5.01. The Bertz CT molecular complexity index is 593. The number of piperazine rings is 1. The van der Waals surface area contributed by atoms with Gasteiger partial charge in [-0.05, 0) is 23.8 Å². The van der Waals surface area contributed by atoms with Crippen molar-refractivity contribution in [3.05, 3.63) is 54.1 Å². The van der Waals surface area contributed by atoms with Crippen molar-refractivity contribution in [2.75, 3.05) is 19.6 Å². The van der Waals surface area contributed by atoms with Crippen LogP contribution in [0.4, 0.5) is 0 Å². The fourth-order valence-corrected chi connectivity index (χ4v) is 2.65. The van der Waals surface area contributed by atoms with Gasteiger partial charge in [-0.15, -0.1) is 0 Å². The van der Waals surface area contributed by atoms with Gasteiger partial charge in [0.2, 0.25) is 0 Å². The lowest BCUT2D eigenvalue weighted by Gasteiger charge is -2.36. The first-order chi connectivity index (χ1) is 9.77. The number of carbonyl (C=O) groups is 1. The molecule has 1 amide bonds. The van der Waals surface area contributed by atoms with E-state index in [1.807, 2.05) is 53.2 Å². The largest absolute Gasteiger partial charge is 0.347 e. The molecule has 1 aliphatic heterocycles. The van der Waals surface area contributed by atoms with Crippen molar-refractivity contribution in [1.82, 2.24) is 19.8 Å². The molecule has 0 bridgehead atoms. The summed E-state index contributed by atoms with van der Waals surface area (Å²) in [7, 11) is 1.90. The van der Waals surface area contributed by atoms with E-state index in [1.54, 1.807) is 6.20 Å². The molecular formula is C15H18N4O. The molecule has 1 saturated heterocycles. The average molecular weight is 270 g/mol. The molecule has 3 rings (SSSR count). The molecule has 104 valence electrons. The van der Waals surface area contributed by atoms with Crippen molar-refractivity contribution in [1.29, 1.82) is 0 Å². The quantitative estimate of drug-likeness (QED) is 0.892. The standard InChI is InChI=1S/C15H18N4O/c1-18-8-3-5-13(18)15(20)19-9-7-17-11-14(19)12-4-2-6-16-10-12/h2-6,8,10,14,17H,7,9,11H2,1H3. The molecule has 0 radical (unpaired) electrons. The van der Waals surface area contributed by atoms with E-state index in [0.29, 0.717) is 6.54 Å². The van der Waals surface area contributed by atoms with Crippen LogP contribution in [0.2, 0.25) is 0 Å². The predicted molar refractivity (Wildman–Crippen MR) is 76.3 cm³/mol. The molecule has 0 aliphatic carbocycles. The Hall–Kier alpha value is -2.14. The molecular weight excluding hydrogens is 252 g/mol. The number of rotatable bonds is 2. The summed E-state index contributed by atoms with van der Waals surface area (Å²) in [6.07, 6.45) is 5.49. The zero-order valence-corrected chi connectivity index (χ0v) is 11.5. The van der Waals surface area contributed by atoms with Crippen LogP contribution in [-0.4, -0.2) is 40.0 Å². The lowest BCUT2D eigenvalue weighted by atomic mass is 10.0. The number of aromatic nitrogens is 2. The van der Waals surface area contributed by atoms with E-state index in [4.69, 9.17) is 0 Å². The number of pyridine rings is 1. The summed E-state index contributed by atoms with van der Waals surface area (Å²) in [5, 5.41) is 3.35. The van der Waals surface area contributed by atoms with E-state index in [9.17, 15) is 4.79 Å². The Morgan fingerprint density at radius 3 is 3.00 bits per heavy atom. The first kappa shape index (κ1) is 12.9. The molecule has 0 aromatic carbocycles. The van der Waals surface area contributed by atoms with E-state index in [2.05, 4.69) is 10.3 Å². The van der Waals surface area contributed by atoms with E-state index < -0.39 is 0 Å². The minimum atomic E-state index is 0.0415. The highest BCUT2D eigenvalue weighted by molar-refractivity contribution is 5.93. The summed E-state index contributed by atoms with van der Waals surface area (Å²) in [6, 6.07) is 7.74. The summed E-state index contributed by atoms with van der Waals surface area (Å²) in [4.78, 5) is 18.8. The minimum absolute atomic E-state index is 0.0415. The highest BCUT2D eigenvalue weighted by Gasteiger charge is 2.29. The summed E-state index contributed by atoms with van der Waals surface area (Å²) in [5.41, 5.74) is 1.79. The maximum atomic E-state index is 12.7. The fraction of sp³-hybridized carbons (Fsp3) is 0.333. The molecule has 2 aromatic heterocycles. The molecule has 5 nitrogen and oxygen atoms in total. The number of nitrogens with zero attached hydrogens (tertiary/aromatic N) is 3. The second-order valence-electron chi connectivity index (χ2n) is 5.01. The Balaban J connectivity index is 1.90. The van der Waals surface area contributed by atoms with Gasteiger partial charge in [0.25, 0.3) is 5.91 Å². The van der Waals surface area contributed by atoms with Gasteiger partial charge < -0.3 is 14.8 Å². The van der Waals surface area contributed by atoms with Gasteiger partial charge in [-0.1, -0.05) is 6.07 Å². The van der Waals surface area contributed by atoms with Crippen molar-refractivity contribution in [3.8, 4) is 0 Å². The van der Waals surface area contributed by atoms with Gasteiger partial charge >= 0.3 is 0 Å². The number of aryl methyl sites for hydroxylation is 1. The van der Waals surface area contributed by atoms with Crippen LogP contribution < -0.4 is 5.32 Å². The van der Waals surface area contributed by atoms with Crippen LogP contribution in [0.5, 0.6) is 0 Å². The van der Waals surface area contributed by atoms with Gasteiger partial charge in [-0.25, -0.2) is 0 Å². The zero-order valence-electron chi connectivity index (χ0n) is 11.5. The molecule has 1 N–H and O–H groups in total. The maximum absolute atomic E-state index is 12.7. The molecule has 0 spiro atoms. The van der Waals surface area contributed by atoms with Crippen LogP contribution >= 0.6 is 0 Å². The third kappa shape index (κ3) is 2.32. The van der Waals surface area contributed by atoms with Crippen molar-refractivity contribution >= 4 is 5.91 Å². The predicted octanol–water partition coefficient (Wildman–Crippen LogP) is 1.21. The van der Waals surface area contributed by atoms with Gasteiger partial charge in [0, 0.05) is 45.3 Å². The van der Waals surface area contributed by atoms with Crippen LogP contribution in [0, 0.1) is 0 Å². The molecule has 3 heterocycles. The lowest BCUT2D eigenvalue weighted by molar-refractivity contribution is 0.0624. The summed E-state index contributed by atoms with van der Waals surface area (Å²) in [5.74, 6) is 0.0767. The van der Waals surface area contributed by atoms with Crippen LogP contribution in [0.25, 0.3) is 0 Å². The van der Waals surface area contributed by atoms with E-state index in [-0.39, 0.29) is 11.9 Å². The van der Waals surface area contributed by atoms with Gasteiger partial charge in [0.05, 0.1) is 6.04 Å². The monoisotopic (exact) mass is 270 g/mol. The molecule has 20 heavy (non-hydrogen) atoms. The first-order valence-electron chi connectivity index (χ1n) is 6.80. The summed E-state index contributed by atoms with van der Waals surface area (Å²) in [6.45, 7) is 2.30. The lowest BCUT2D eigenvalue weighted by Crippen LogP contribution is -2.49. The fourth-order valence-electron chi connectivity index (χ4n) is 2.65. The topological polar surface area (TPSA) is 50.2 Å². The molecule has 0 saturated carbocycles. The second kappa shape index (κ2) is 5.46. The van der Waals surface area contributed by atoms with E-state index >= 15 is 0 Å². The van der Waals surface area contributed by atoms with Gasteiger partial charge in [0.1, 0.15) is 5.69 Å². The minimum Gasteiger partial charge on any atom is -0.347 e. The van der Waals surface area contributed by atoms with Gasteiger partial charge in [-0.2, -0.15) is 0 Å². The maximum Gasteiger partial charge on any atom is 0.271 e. The normalized spacial score (nSPS) is 19.1. The Kier molecular flexibility index (Phi) is 3.52. The van der Waals surface area contributed by atoms with Gasteiger partial charge in [-0.3, -0.25) is 9.78 Å². The summed E-state index contributed by atoms with van der Waals surface area (Å²) >= 11 is 0. The van der Waals surface area contributed by atoms with Crippen molar-refractivity contribution in [3.63, 3.8) is 0 Å². The third-order valence-corrected chi connectivity index (χ3v) is 3.74. The number of carbonyl (C=O) groups excluding carboxylic acids is 1. The molecule has 1 aliphatic rings. The van der Waals surface area contributed by atoms with Crippen molar-refractivity contribution in [2.24, 2.45) is 7.05 Å². The smallest absolute Gasteiger partial charge is 0.271 e. The van der Waals surface area contributed by atoms with E-state index in [1.165, 1.54) is 0 Å². The van der Waals surface area contributed by atoms with E-state index in [0.717, 1.165) is 24.3 Å². The van der Waals surface area contributed by atoms with Crippen molar-refractivity contribution in [2.45, 2.75) is 6.04 Å². The van der Waals surface area contributed by atoms with Crippen LogP contribution in [0.1, 0.15) is 22.1 Å². The van der Waals surface area contributed by atoms with Crippen LogP contribution in [-0.2, 0) is 7.05 Å². The molecule has 1 atom stereocenters. The zero-order chi connectivity index (χ0) is 13.9. The number of hydrogen-bond acceptors (Lipinski definition) is 3. The SMILES string of the molecule is Cn1cccc1C(=O)N1CCNCC1c1cccnc1.